The summed E-state index contributed by atoms with van der Waals surface area (Å²) >= 11 is 2.21. The fourth-order valence-corrected chi connectivity index (χ4v) is 5.20. The van der Waals surface area contributed by atoms with Crippen molar-refractivity contribution in [2.24, 2.45) is 0 Å². The van der Waals surface area contributed by atoms with Crippen LogP contribution in [0.1, 0.15) is 30.8 Å². The number of nitro benzene ring substituents is 1. The van der Waals surface area contributed by atoms with Crippen LogP contribution in [0.4, 0.5) is 11.4 Å². The van der Waals surface area contributed by atoms with Gasteiger partial charge in [0.15, 0.2) is 5.78 Å². The minimum Gasteiger partial charge on any atom is -0.368 e. The average Bonchev–Trinajstić information content (AvgIpc) is 2.61. The van der Waals surface area contributed by atoms with E-state index in [0.717, 1.165) is 14.8 Å². The molecule has 0 saturated carbocycles. The van der Waals surface area contributed by atoms with E-state index < -0.39 is 18.3 Å². The van der Waals surface area contributed by atoms with E-state index in [1.54, 1.807) is 26.0 Å². The van der Waals surface area contributed by atoms with Gasteiger partial charge >= 0.3 is 7.60 Å². The van der Waals surface area contributed by atoms with Gasteiger partial charge in [-0.25, -0.2) is 0 Å². The number of hydrogen-bond acceptors (Lipinski definition) is 6. The molecule has 0 fully saturated rings. The van der Waals surface area contributed by atoms with Gasteiger partial charge in [-0.1, -0.05) is 12.1 Å². The van der Waals surface area contributed by atoms with E-state index in [9.17, 15) is 14.7 Å². The second kappa shape index (κ2) is 9.64. The summed E-state index contributed by atoms with van der Waals surface area (Å²) in [7, 11) is -3.63. The van der Waals surface area contributed by atoms with Crippen molar-refractivity contribution < 1.29 is 18.5 Å². The molecule has 0 aliphatic heterocycles. The summed E-state index contributed by atoms with van der Waals surface area (Å²) < 4.78 is 25.6. The van der Waals surface area contributed by atoms with E-state index in [-0.39, 0.29) is 18.9 Å². The number of nitrogens with one attached hydrogen (secondary N) is 1. The molecule has 2 aromatic rings. The molecule has 1 N–H and O–H groups in total. The molecule has 2 aromatic carbocycles. The Morgan fingerprint density at radius 1 is 1.19 bits per heavy atom. The van der Waals surface area contributed by atoms with Gasteiger partial charge in [0.25, 0.3) is 5.69 Å². The molecule has 27 heavy (non-hydrogen) atoms. The first-order chi connectivity index (χ1) is 12.8. The minimum absolute atomic E-state index is 0.0850. The molecule has 0 saturated heterocycles. The summed E-state index contributed by atoms with van der Waals surface area (Å²) in [5.41, 5.74) is 2.09. The number of nitro groups is 1. The molecule has 9 heteroatoms. The standard InChI is InChI=1S/C18H22IN2O5P/c1-4-25-27(24,26-5-2)18(14-7-6-8-16(12-14)21(22)23)20-17-10-9-15(19)11-13(17)3/h6-12,18,20H,4-5H2,1-3H3. The lowest BCUT2D eigenvalue weighted by molar-refractivity contribution is -0.384. The molecule has 2 rings (SSSR count). The van der Waals surface area contributed by atoms with Crippen LogP contribution in [0.3, 0.4) is 0 Å². The van der Waals surface area contributed by atoms with E-state index in [1.807, 2.05) is 25.1 Å². The van der Waals surface area contributed by atoms with Crippen LogP contribution in [0.5, 0.6) is 0 Å². The van der Waals surface area contributed by atoms with Gasteiger partial charge in [0, 0.05) is 21.4 Å². The molecular weight excluding hydrogens is 482 g/mol. The van der Waals surface area contributed by atoms with Gasteiger partial charge in [0.05, 0.1) is 18.1 Å². The number of hydrogen-bond donors (Lipinski definition) is 1. The zero-order valence-corrected chi connectivity index (χ0v) is 18.4. The third-order valence-electron chi connectivity index (χ3n) is 3.81. The van der Waals surface area contributed by atoms with Gasteiger partial charge in [-0.2, -0.15) is 0 Å². The maximum atomic E-state index is 13.5. The Bertz CT molecular complexity index is 851. The fraction of sp³-hybridized carbons (Fsp3) is 0.333. The molecule has 1 atom stereocenters. The maximum Gasteiger partial charge on any atom is 0.357 e. The van der Waals surface area contributed by atoms with Crippen molar-refractivity contribution in [3.8, 4) is 0 Å². The summed E-state index contributed by atoms with van der Waals surface area (Å²) in [6.45, 7) is 5.77. The van der Waals surface area contributed by atoms with Gasteiger partial charge in [0.2, 0.25) is 0 Å². The molecule has 0 radical (unpaired) electrons. The third-order valence-corrected chi connectivity index (χ3v) is 6.78. The quantitative estimate of drug-likeness (QED) is 0.198. The number of halogens is 1. The monoisotopic (exact) mass is 504 g/mol. The van der Waals surface area contributed by atoms with Crippen LogP contribution in [0.15, 0.2) is 42.5 Å². The van der Waals surface area contributed by atoms with Crippen LogP contribution in [-0.4, -0.2) is 18.1 Å². The van der Waals surface area contributed by atoms with E-state index in [1.165, 1.54) is 12.1 Å². The highest BCUT2D eigenvalue weighted by Gasteiger charge is 2.38. The van der Waals surface area contributed by atoms with Crippen molar-refractivity contribution in [2.45, 2.75) is 26.6 Å². The summed E-state index contributed by atoms with van der Waals surface area (Å²) in [5.74, 6) is -0.879. The summed E-state index contributed by atoms with van der Waals surface area (Å²) in [4.78, 5) is 10.7. The van der Waals surface area contributed by atoms with Crippen molar-refractivity contribution >= 4 is 41.6 Å². The van der Waals surface area contributed by atoms with E-state index in [2.05, 4.69) is 27.9 Å². The molecule has 0 aliphatic rings. The van der Waals surface area contributed by atoms with Crippen LogP contribution < -0.4 is 5.32 Å². The highest BCUT2D eigenvalue weighted by Crippen LogP contribution is 2.61. The van der Waals surface area contributed by atoms with Crippen molar-refractivity contribution in [1.82, 2.24) is 0 Å². The van der Waals surface area contributed by atoms with Crippen LogP contribution in [0.2, 0.25) is 0 Å². The summed E-state index contributed by atoms with van der Waals surface area (Å²) in [5, 5.41) is 14.4. The van der Waals surface area contributed by atoms with E-state index in [4.69, 9.17) is 9.05 Å². The highest BCUT2D eigenvalue weighted by atomic mass is 127. The zero-order chi connectivity index (χ0) is 20.0. The minimum atomic E-state index is -3.63. The lowest BCUT2D eigenvalue weighted by Crippen LogP contribution is -2.16. The summed E-state index contributed by atoms with van der Waals surface area (Å²) in [6.07, 6.45) is 0. The lowest BCUT2D eigenvalue weighted by Gasteiger charge is -2.28. The van der Waals surface area contributed by atoms with Crippen LogP contribution >= 0.6 is 30.2 Å². The second-order valence-corrected chi connectivity index (χ2v) is 9.09. The Kier molecular flexibility index (Phi) is 7.79. The molecule has 0 amide bonds. The molecule has 146 valence electrons. The topological polar surface area (TPSA) is 90.7 Å². The number of non-ortho nitro benzene ring substituents is 1. The summed E-state index contributed by atoms with van der Waals surface area (Å²) in [6, 6.07) is 11.8. The Balaban J connectivity index is 2.55. The molecule has 0 bridgehead atoms. The molecule has 7 nitrogen and oxygen atoms in total. The molecule has 0 aliphatic carbocycles. The molecule has 0 aromatic heterocycles. The Labute approximate surface area is 172 Å². The highest BCUT2D eigenvalue weighted by molar-refractivity contribution is 14.1. The smallest absolute Gasteiger partial charge is 0.357 e. The lowest BCUT2D eigenvalue weighted by atomic mass is 10.1. The Morgan fingerprint density at radius 3 is 2.41 bits per heavy atom. The number of benzene rings is 2. The van der Waals surface area contributed by atoms with Gasteiger partial charge in [-0.05, 0) is 72.7 Å². The van der Waals surface area contributed by atoms with Gasteiger partial charge < -0.3 is 14.4 Å². The zero-order valence-electron chi connectivity index (χ0n) is 15.3. The molecule has 1 unspecified atom stereocenters. The fourth-order valence-electron chi connectivity index (χ4n) is 2.64. The first-order valence-electron chi connectivity index (χ1n) is 8.46. The van der Waals surface area contributed by atoms with Gasteiger partial charge in [-0.15, -0.1) is 0 Å². The predicted molar refractivity (Wildman–Crippen MR) is 114 cm³/mol. The maximum absolute atomic E-state index is 13.5. The second-order valence-electron chi connectivity index (χ2n) is 5.73. The van der Waals surface area contributed by atoms with Gasteiger partial charge in [0.1, 0.15) is 0 Å². The Morgan fingerprint density at radius 2 is 1.85 bits per heavy atom. The van der Waals surface area contributed by atoms with Crippen LogP contribution in [-0.2, 0) is 13.6 Å². The van der Waals surface area contributed by atoms with Crippen LogP contribution in [0.25, 0.3) is 0 Å². The normalized spacial score (nSPS) is 12.6. The van der Waals surface area contributed by atoms with Gasteiger partial charge in [-0.3, -0.25) is 14.7 Å². The van der Waals surface area contributed by atoms with E-state index in [0.29, 0.717) is 5.56 Å². The van der Waals surface area contributed by atoms with Crippen molar-refractivity contribution in [3.63, 3.8) is 0 Å². The first-order valence-corrected chi connectivity index (χ1v) is 11.2. The largest absolute Gasteiger partial charge is 0.368 e. The van der Waals surface area contributed by atoms with Crippen molar-refractivity contribution in [2.75, 3.05) is 18.5 Å². The number of anilines is 1. The van der Waals surface area contributed by atoms with Crippen LogP contribution in [0, 0.1) is 20.6 Å². The third kappa shape index (κ3) is 5.51. The molecule has 0 spiro atoms. The number of aryl methyl sites for hydroxylation is 1. The number of rotatable bonds is 9. The average molecular weight is 504 g/mol. The number of nitrogens with zero attached hydrogens (tertiary/aromatic N) is 1. The molecular formula is C18H22IN2O5P. The molecule has 0 heterocycles. The Hall–Kier alpha value is -1.48. The predicted octanol–water partition coefficient (Wildman–Crippen LogP) is 5.88. The van der Waals surface area contributed by atoms with Crippen molar-refractivity contribution in [3.05, 3.63) is 67.3 Å². The van der Waals surface area contributed by atoms with Crippen molar-refractivity contribution in [1.29, 1.82) is 0 Å². The SMILES string of the molecule is CCOP(=O)(OCC)C(Nc1ccc(I)cc1C)c1cccc([N+](=O)[O-])c1. The first kappa shape index (κ1) is 21.8. The van der Waals surface area contributed by atoms with E-state index >= 15 is 0 Å².